The molecule has 5 heteroatoms. The van der Waals surface area contributed by atoms with Crippen LogP contribution >= 0.6 is 0 Å². The number of hydrogen-bond acceptors (Lipinski definition) is 4. The predicted molar refractivity (Wildman–Crippen MR) is 94.4 cm³/mol. The van der Waals surface area contributed by atoms with Crippen LogP contribution in [0, 0.1) is 5.92 Å². The van der Waals surface area contributed by atoms with Crippen LogP contribution in [0.15, 0.2) is 24.3 Å². The minimum atomic E-state index is -0.436. The minimum absolute atomic E-state index is 0.0947. The van der Waals surface area contributed by atoms with E-state index >= 15 is 0 Å². The fourth-order valence-corrected chi connectivity index (χ4v) is 2.21. The van der Waals surface area contributed by atoms with Gasteiger partial charge in [-0.1, -0.05) is 26.0 Å². The molecule has 0 fully saturated rings. The van der Waals surface area contributed by atoms with Gasteiger partial charge in [0.25, 0.3) is 0 Å². The summed E-state index contributed by atoms with van der Waals surface area (Å²) in [6.07, 6.45) is 1.70. The monoisotopic (exact) mass is 321 g/mol. The largest absolute Gasteiger partial charge is 0.494 e. The van der Waals surface area contributed by atoms with Crippen LogP contribution in [0.5, 0.6) is 5.75 Å². The molecule has 1 amide bonds. The number of carbonyl (C=O) groups excluding carboxylic acids is 1. The first-order valence-corrected chi connectivity index (χ1v) is 8.28. The molecule has 130 valence electrons. The van der Waals surface area contributed by atoms with Crippen molar-refractivity contribution in [1.29, 1.82) is 0 Å². The van der Waals surface area contributed by atoms with Crippen LogP contribution in [-0.4, -0.2) is 44.1 Å². The number of ether oxygens (including phenoxy) is 1. The van der Waals surface area contributed by atoms with Gasteiger partial charge in [-0.25, -0.2) is 0 Å². The van der Waals surface area contributed by atoms with E-state index in [0.29, 0.717) is 25.5 Å². The molecule has 3 N–H and O–H groups in total. The van der Waals surface area contributed by atoms with Crippen molar-refractivity contribution < 1.29 is 9.53 Å². The molecule has 1 atom stereocenters. The predicted octanol–water partition coefficient (Wildman–Crippen LogP) is 2.01. The van der Waals surface area contributed by atoms with Gasteiger partial charge >= 0.3 is 0 Å². The van der Waals surface area contributed by atoms with E-state index in [1.807, 2.05) is 24.3 Å². The zero-order valence-corrected chi connectivity index (χ0v) is 14.8. The van der Waals surface area contributed by atoms with E-state index in [1.54, 1.807) is 0 Å². The molecule has 23 heavy (non-hydrogen) atoms. The highest BCUT2D eigenvalue weighted by molar-refractivity contribution is 5.81. The molecule has 0 heterocycles. The molecule has 0 saturated carbocycles. The number of nitrogens with one attached hydrogen (secondary N) is 1. The summed E-state index contributed by atoms with van der Waals surface area (Å²) >= 11 is 0. The molecule has 0 bridgehead atoms. The molecule has 0 aliphatic heterocycles. The van der Waals surface area contributed by atoms with E-state index < -0.39 is 6.04 Å². The summed E-state index contributed by atoms with van der Waals surface area (Å²) in [4.78, 5) is 14.0. The van der Waals surface area contributed by atoms with Gasteiger partial charge in [0.05, 0.1) is 12.6 Å². The van der Waals surface area contributed by atoms with Crippen LogP contribution in [0.3, 0.4) is 0 Å². The lowest BCUT2D eigenvalue weighted by Crippen LogP contribution is -2.40. The van der Waals surface area contributed by atoms with E-state index in [2.05, 4.69) is 38.2 Å². The number of rotatable bonds is 10. The molecule has 1 rings (SSSR count). The Morgan fingerprint density at radius 3 is 2.48 bits per heavy atom. The quantitative estimate of drug-likeness (QED) is 0.647. The topological polar surface area (TPSA) is 67.6 Å². The third-order valence-electron chi connectivity index (χ3n) is 3.47. The number of amides is 1. The third kappa shape index (κ3) is 8.57. The summed E-state index contributed by atoms with van der Waals surface area (Å²) in [6, 6.07) is 7.37. The Bertz CT molecular complexity index is 458. The maximum Gasteiger partial charge on any atom is 0.237 e. The van der Waals surface area contributed by atoms with E-state index in [-0.39, 0.29) is 5.91 Å². The average molecular weight is 321 g/mol. The molecule has 0 spiro atoms. The lowest BCUT2D eigenvalue weighted by Gasteiger charge is -2.14. The smallest absolute Gasteiger partial charge is 0.237 e. The van der Waals surface area contributed by atoms with Gasteiger partial charge in [0.1, 0.15) is 5.75 Å². The SMILES string of the molecule is CC(C)C[C@H](N)C(=O)NCc1ccc(OCCCN(C)C)cc1. The number of benzene rings is 1. The van der Waals surface area contributed by atoms with Gasteiger partial charge in [0.2, 0.25) is 5.91 Å². The average Bonchev–Trinajstić information content (AvgIpc) is 2.49. The summed E-state index contributed by atoms with van der Waals surface area (Å²) in [6.45, 7) is 6.33. The second kappa shape index (κ2) is 10.2. The zero-order valence-electron chi connectivity index (χ0n) is 14.8. The molecule has 5 nitrogen and oxygen atoms in total. The van der Waals surface area contributed by atoms with Gasteiger partial charge in [-0.3, -0.25) is 4.79 Å². The summed E-state index contributed by atoms with van der Waals surface area (Å²) in [7, 11) is 4.10. The van der Waals surface area contributed by atoms with Crippen LogP contribution in [0.4, 0.5) is 0 Å². The van der Waals surface area contributed by atoms with Crippen LogP contribution in [0.1, 0.15) is 32.3 Å². The van der Waals surface area contributed by atoms with E-state index in [1.165, 1.54) is 0 Å². The van der Waals surface area contributed by atoms with Crippen molar-refractivity contribution in [3.63, 3.8) is 0 Å². The second-order valence-corrected chi connectivity index (χ2v) is 6.60. The van der Waals surface area contributed by atoms with Crippen LogP contribution < -0.4 is 15.8 Å². The molecule has 1 aromatic rings. The molecular weight excluding hydrogens is 290 g/mol. The number of carbonyl (C=O) groups is 1. The highest BCUT2D eigenvalue weighted by atomic mass is 16.5. The first-order chi connectivity index (χ1) is 10.9. The van der Waals surface area contributed by atoms with Gasteiger partial charge in [0, 0.05) is 13.1 Å². The number of hydrogen-bond donors (Lipinski definition) is 2. The Labute approximate surface area is 140 Å². The van der Waals surface area contributed by atoms with Crippen molar-refractivity contribution in [1.82, 2.24) is 10.2 Å². The van der Waals surface area contributed by atoms with Gasteiger partial charge in [-0.05, 0) is 50.6 Å². The fourth-order valence-electron chi connectivity index (χ4n) is 2.21. The summed E-state index contributed by atoms with van der Waals surface area (Å²) in [5.41, 5.74) is 6.90. The van der Waals surface area contributed by atoms with E-state index in [0.717, 1.165) is 24.3 Å². The molecule has 0 unspecified atom stereocenters. The molecular formula is C18H31N3O2. The molecule has 0 aliphatic carbocycles. The summed E-state index contributed by atoms with van der Waals surface area (Å²) < 4.78 is 5.68. The van der Waals surface area contributed by atoms with Crippen LogP contribution in [0.25, 0.3) is 0 Å². The van der Waals surface area contributed by atoms with E-state index in [4.69, 9.17) is 10.5 Å². The lowest BCUT2D eigenvalue weighted by molar-refractivity contribution is -0.122. The van der Waals surface area contributed by atoms with Crippen molar-refractivity contribution >= 4 is 5.91 Å². The molecule has 0 radical (unpaired) electrons. The standard InChI is InChI=1S/C18H31N3O2/c1-14(2)12-17(19)18(22)20-13-15-6-8-16(9-7-15)23-11-5-10-21(3)4/h6-9,14,17H,5,10-13,19H2,1-4H3,(H,20,22)/t17-/m0/s1. The van der Waals surface area contributed by atoms with E-state index in [9.17, 15) is 4.79 Å². The Morgan fingerprint density at radius 2 is 1.91 bits per heavy atom. The molecule has 0 aromatic heterocycles. The summed E-state index contributed by atoms with van der Waals surface area (Å²) in [5, 5.41) is 2.88. The van der Waals surface area contributed by atoms with Gasteiger partial charge in [-0.2, -0.15) is 0 Å². The Kier molecular flexibility index (Phi) is 8.66. The highest BCUT2D eigenvalue weighted by Crippen LogP contribution is 2.12. The third-order valence-corrected chi connectivity index (χ3v) is 3.47. The van der Waals surface area contributed by atoms with Gasteiger partial charge in [0.15, 0.2) is 0 Å². The number of nitrogens with two attached hydrogens (primary N) is 1. The van der Waals surface area contributed by atoms with Gasteiger partial charge in [-0.15, -0.1) is 0 Å². The van der Waals surface area contributed by atoms with Crippen molar-refractivity contribution in [2.45, 2.75) is 39.3 Å². The number of nitrogens with zero attached hydrogens (tertiary/aromatic N) is 1. The minimum Gasteiger partial charge on any atom is -0.494 e. The van der Waals surface area contributed by atoms with Crippen LogP contribution in [0.2, 0.25) is 0 Å². The molecule has 0 saturated heterocycles. The Balaban J connectivity index is 2.32. The van der Waals surface area contributed by atoms with Crippen molar-refractivity contribution in [2.75, 3.05) is 27.2 Å². The van der Waals surface area contributed by atoms with Gasteiger partial charge < -0.3 is 20.7 Å². The molecule has 1 aromatic carbocycles. The first-order valence-electron chi connectivity index (χ1n) is 8.28. The van der Waals surface area contributed by atoms with Crippen molar-refractivity contribution in [3.8, 4) is 5.75 Å². The first kappa shape index (κ1) is 19.5. The van der Waals surface area contributed by atoms with Crippen molar-refractivity contribution in [2.24, 2.45) is 11.7 Å². The lowest BCUT2D eigenvalue weighted by atomic mass is 10.0. The zero-order chi connectivity index (χ0) is 17.2. The maximum atomic E-state index is 11.9. The second-order valence-electron chi connectivity index (χ2n) is 6.60. The highest BCUT2D eigenvalue weighted by Gasteiger charge is 2.14. The fraction of sp³-hybridized carbons (Fsp3) is 0.611. The summed E-state index contributed by atoms with van der Waals surface area (Å²) in [5.74, 6) is 1.18. The normalized spacial score (nSPS) is 12.5. The maximum absolute atomic E-state index is 11.9. The Morgan fingerprint density at radius 1 is 1.26 bits per heavy atom. The van der Waals surface area contributed by atoms with Crippen LogP contribution in [-0.2, 0) is 11.3 Å². The Hall–Kier alpha value is -1.59. The molecule has 0 aliphatic rings. The van der Waals surface area contributed by atoms with Crippen molar-refractivity contribution in [3.05, 3.63) is 29.8 Å².